The molecule has 1 N–H and O–H groups in total. The minimum absolute atomic E-state index is 0.122. The molecule has 0 heterocycles. The monoisotopic (exact) mass is 320 g/mol. The van der Waals surface area contributed by atoms with E-state index in [1.165, 1.54) is 0 Å². The smallest absolute Gasteiger partial charge is 0.335 e. The van der Waals surface area contributed by atoms with Crippen LogP contribution in [0.1, 0.15) is 59.8 Å². The van der Waals surface area contributed by atoms with Crippen LogP contribution in [0.25, 0.3) is 0 Å². The number of aliphatic carboxylic acids is 1. The first-order valence-electron chi connectivity index (χ1n) is 8.71. The van der Waals surface area contributed by atoms with Crippen molar-refractivity contribution in [3.05, 3.63) is 23.3 Å². The van der Waals surface area contributed by atoms with Crippen LogP contribution in [0.15, 0.2) is 23.3 Å². The fourth-order valence-electron chi connectivity index (χ4n) is 3.85. The van der Waals surface area contributed by atoms with Gasteiger partial charge in [-0.25, -0.2) is 9.59 Å². The lowest BCUT2D eigenvalue weighted by molar-refractivity contribution is -0.146. The zero-order valence-corrected chi connectivity index (χ0v) is 14.6. The third kappa shape index (κ3) is 3.22. The Morgan fingerprint density at radius 3 is 2.30 bits per heavy atom. The van der Waals surface area contributed by atoms with Crippen LogP contribution >= 0.6 is 0 Å². The van der Waals surface area contributed by atoms with Gasteiger partial charge in [-0.2, -0.15) is 0 Å². The molecule has 4 nitrogen and oxygen atoms in total. The number of fused-ring (bicyclic) bond motifs is 2. The summed E-state index contributed by atoms with van der Waals surface area (Å²) in [4.78, 5) is 24.3. The average Bonchev–Trinajstić information content (AvgIpc) is 2.92. The van der Waals surface area contributed by atoms with Crippen molar-refractivity contribution in [2.24, 2.45) is 17.3 Å². The van der Waals surface area contributed by atoms with Crippen molar-refractivity contribution in [1.82, 2.24) is 0 Å². The minimum atomic E-state index is -0.999. The highest BCUT2D eigenvalue weighted by Crippen LogP contribution is 2.56. The summed E-state index contributed by atoms with van der Waals surface area (Å²) in [7, 11) is 0. The lowest BCUT2D eigenvalue weighted by Gasteiger charge is -2.26. The number of esters is 1. The molecule has 0 aromatic rings. The maximum absolute atomic E-state index is 12.7. The Kier molecular flexibility index (Phi) is 5.33. The molecule has 0 aromatic heterocycles. The Bertz CT molecular complexity index is 542. The number of rotatable bonds is 8. The molecule has 2 aliphatic rings. The molecule has 0 radical (unpaired) electrons. The van der Waals surface area contributed by atoms with Gasteiger partial charge in [-0.15, -0.1) is 0 Å². The van der Waals surface area contributed by atoms with Crippen LogP contribution < -0.4 is 0 Å². The summed E-state index contributed by atoms with van der Waals surface area (Å²) in [6.07, 6.45) is 8.65. The van der Waals surface area contributed by atoms with Gasteiger partial charge in [0.1, 0.15) is 6.10 Å². The van der Waals surface area contributed by atoms with Gasteiger partial charge in [0, 0.05) is 11.8 Å². The number of carboxylic acids is 1. The van der Waals surface area contributed by atoms with Gasteiger partial charge < -0.3 is 9.84 Å². The van der Waals surface area contributed by atoms with E-state index < -0.39 is 11.9 Å². The predicted molar refractivity (Wildman–Crippen MR) is 88.9 cm³/mol. The molecule has 0 aromatic carbocycles. The highest BCUT2D eigenvalue weighted by atomic mass is 16.5. The molecule has 2 aliphatic carbocycles. The minimum Gasteiger partial charge on any atom is -0.478 e. The first kappa shape index (κ1) is 17.8. The average molecular weight is 320 g/mol. The van der Waals surface area contributed by atoms with Crippen LogP contribution in [0.5, 0.6) is 0 Å². The number of carbonyl (C=O) groups excluding carboxylic acids is 1. The number of allylic oxidation sites excluding steroid dienone is 2. The summed E-state index contributed by atoms with van der Waals surface area (Å²) in [5, 5.41) is 9.55. The van der Waals surface area contributed by atoms with Crippen molar-refractivity contribution in [3.63, 3.8) is 0 Å². The quantitative estimate of drug-likeness (QED) is 0.415. The van der Waals surface area contributed by atoms with E-state index in [1.807, 2.05) is 32.9 Å². The van der Waals surface area contributed by atoms with E-state index in [2.05, 4.69) is 6.92 Å². The molecule has 2 bridgehead atoms. The van der Waals surface area contributed by atoms with Crippen LogP contribution in [0.2, 0.25) is 0 Å². The molecule has 2 rings (SSSR count). The molecule has 128 valence electrons. The van der Waals surface area contributed by atoms with Crippen LogP contribution in [0, 0.1) is 17.3 Å². The van der Waals surface area contributed by atoms with Crippen LogP contribution in [-0.4, -0.2) is 23.1 Å². The van der Waals surface area contributed by atoms with Gasteiger partial charge in [-0.3, -0.25) is 0 Å². The molecule has 0 fully saturated rings. The Hall–Kier alpha value is -1.58. The second-order valence-corrected chi connectivity index (χ2v) is 7.23. The van der Waals surface area contributed by atoms with Crippen LogP contribution in [-0.2, 0) is 14.3 Å². The Labute approximate surface area is 138 Å². The Balaban J connectivity index is 2.15. The zero-order valence-electron chi connectivity index (χ0n) is 14.6. The third-order valence-corrected chi connectivity index (χ3v) is 5.32. The fourth-order valence-corrected chi connectivity index (χ4v) is 3.85. The lowest BCUT2D eigenvalue weighted by Crippen LogP contribution is -2.25. The van der Waals surface area contributed by atoms with E-state index in [-0.39, 0.29) is 28.9 Å². The highest BCUT2D eigenvalue weighted by Gasteiger charge is 2.54. The summed E-state index contributed by atoms with van der Waals surface area (Å²) >= 11 is 0. The second kappa shape index (κ2) is 6.90. The molecule has 0 saturated carbocycles. The number of carboxylic acid groups (broad SMARTS) is 1. The number of hydrogen-bond acceptors (Lipinski definition) is 3. The van der Waals surface area contributed by atoms with E-state index in [0.717, 1.165) is 32.1 Å². The standard InChI is InChI=1S/C19H28O4/c1-5-7-8-9-12(6-2)23-18(22)16-14-11-10-13(19(14,3)4)15(16)17(20)21/h10-14H,5-9H2,1-4H3,(H,20,21). The van der Waals surface area contributed by atoms with Crippen LogP contribution in [0.4, 0.5) is 0 Å². The van der Waals surface area contributed by atoms with Crippen molar-refractivity contribution in [2.75, 3.05) is 0 Å². The van der Waals surface area contributed by atoms with Crippen molar-refractivity contribution in [2.45, 2.75) is 65.9 Å². The maximum atomic E-state index is 12.7. The molecular weight excluding hydrogens is 292 g/mol. The van der Waals surface area contributed by atoms with E-state index in [0.29, 0.717) is 5.57 Å². The molecule has 0 amide bonds. The van der Waals surface area contributed by atoms with Gasteiger partial charge in [0.15, 0.2) is 0 Å². The molecule has 0 spiro atoms. The van der Waals surface area contributed by atoms with Crippen molar-refractivity contribution in [3.8, 4) is 0 Å². The molecule has 3 unspecified atom stereocenters. The third-order valence-electron chi connectivity index (χ3n) is 5.32. The van der Waals surface area contributed by atoms with Crippen LogP contribution in [0.3, 0.4) is 0 Å². The normalized spacial score (nSPS) is 25.7. The molecule has 3 atom stereocenters. The predicted octanol–water partition coefficient (Wildman–Crippen LogP) is 4.11. The van der Waals surface area contributed by atoms with E-state index >= 15 is 0 Å². The zero-order chi connectivity index (χ0) is 17.2. The van der Waals surface area contributed by atoms with Gasteiger partial charge in [0.05, 0.1) is 11.1 Å². The van der Waals surface area contributed by atoms with Crippen molar-refractivity contribution in [1.29, 1.82) is 0 Å². The molecule has 4 heteroatoms. The molecular formula is C19H28O4. The molecule has 0 saturated heterocycles. The largest absolute Gasteiger partial charge is 0.478 e. The van der Waals surface area contributed by atoms with Gasteiger partial charge in [-0.05, 0) is 24.7 Å². The SMILES string of the molecule is CCCCCC(CC)OC(=O)C1=C(C(=O)O)C2C=CC1C2(C)C. The summed E-state index contributed by atoms with van der Waals surface area (Å²) in [6, 6.07) is 0. The molecule has 0 aliphatic heterocycles. The second-order valence-electron chi connectivity index (χ2n) is 7.23. The lowest BCUT2D eigenvalue weighted by atomic mass is 9.77. The molecule has 23 heavy (non-hydrogen) atoms. The summed E-state index contributed by atoms with van der Waals surface area (Å²) in [6.45, 7) is 8.18. The Morgan fingerprint density at radius 1 is 1.17 bits per heavy atom. The first-order chi connectivity index (χ1) is 10.8. The summed E-state index contributed by atoms with van der Waals surface area (Å²) < 4.78 is 5.66. The topological polar surface area (TPSA) is 63.6 Å². The highest BCUT2D eigenvalue weighted by molar-refractivity contribution is 6.03. The summed E-state index contributed by atoms with van der Waals surface area (Å²) in [5.74, 6) is -1.79. The van der Waals surface area contributed by atoms with Gasteiger partial charge >= 0.3 is 11.9 Å². The fraction of sp³-hybridized carbons (Fsp3) is 0.684. The van der Waals surface area contributed by atoms with Gasteiger partial charge in [-0.1, -0.05) is 52.7 Å². The Morgan fingerprint density at radius 2 is 1.78 bits per heavy atom. The number of carbonyl (C=O) groups is 2. The van der Waals surface area contributed by atoms with Crippen molar-refractivity contribution < 1.29 is 19.4 Å². The van der Waals surface area contributed by atoms with E-state index in [9.17, 15) is 14.7 Å². The maximum Gasteiger partial charge on any atom is 0.335 e. The number of ether oxygens (including phenoxy) is 1. The number of hydrogen-bond donors (Lipinski definition) is 1. The summed E-state index contributed by atoms with van der Waals surface area (Å²) in [5.41, 5.74) is 0.339. The first-order valence-corrected chi connectivity index (χ1v) is 8.71. The van der Waals surface area contributed by atoms with Gasteiger partial charge in [0.2, 0.25) is 0 Å². The van der Waals surface area contributed by atoms with Gasteiger partial charge in [0.25, 0.3) is 0 Å². The van der Waals surface area contributed by atoms with E-state index in [1.54, 1.807) is 0 Å². The van der Waals surface area contributed by atoms with E-state index in [4.69, 9.17) is 4.74 Å². The van der Waals surface area contributed by atoms with Crippen molar-refractivity contribution >= 4 is 11.9 Å². The number of unbranched alkanes of at least 4 members (excludes halogenated alkanes) is 2.